The first-order valence-corrected chi connectivity index (χ1v) is 20.1. The van der Waals surface area contributed by atoms with Crippen molar-refractivity contribution in [3.05, 3.63) is 81.7 Å². The molecule has 1 amide bonds. The molecule has 1 atom stereocenters. The van der Waals surface area contributed by atoms with Gasteiger partial charge in [0.1, 0.15) is 10.7 Å². The van der Waals surface area contributed by atoms with Crippen molar-refractivity contribution in [2.24, 2.45) is 5.14 Å². The van der Waals surface area contributed by atoms with Crippen molar-refractivity contribution in [3.63, 3.8) is 0 Å². The van der Waals surface area contributed by atoms with Gasteiger partial charge in [0.2, 0.25) is 16.8 Å². The summed E-state index contributed by atoms with van der Waals surface area (Å²) in [5.41, 5.74) is -0.297. The van der Waals surface area contributed by atoms with Crippen LogP contribution in [0.15, 0.2) is 64.1 Å². The Labute approximate surface area is 336 Å². The standard InChI is InChI=1S/C38H47Cl2N3O12S/c1-25(35(46)26-12-9-13-27(39)20-26)43(38(2,3)4)37(48)55-24-54-34(45)16-10-15-33(44)52-17-7-5-6-8-18-53-36(47)29-21-32(56(41,49)50)30(40)22-31(29)42-23-28-14-11-19-51-28/h9,11-14,19-22,25,42H,5-8,10,15-18,23-24H2,1-4H3,(H2,41,49,50). The summed E-state index contributed by atoms with van der Waals surface area (Å²) < 4.78 is 50.0. The van der Waals surface area contributed by atoms with Gasteiger partial charge in [-0.25, -0.2) is 23.1 Å². The highest BCUT2D eigenvalue weighted by atomic mass is 35.5. The van der Waals surface area contributed by atoms with Crippen molar-refractivity contribution in [1.29, 1.82) is 0 Å². The van der Waals surface area contributed by atoms with E-state index in [1.165, 1.54) is 23.3 Å². The molecule has 3 N–H and O–H groups in total. The van der Waals surface area contributed by atoms with E-state index in [4.69, 9.17) is 51.7 Å². The van der Waals surface area contributed by atoms with Gasteiger partial charge in [0.15, 0.2) is 5.78 Å². The third kappa shape index (κ3) is 14.8. The Bertz CT molecular complexity index is 1930. The van der Waals surface area contributed by atoms with Crippen LogP contribution in [0.2, 0.25) is 10.0 Å². The fourth-order valence-corrected chi connectivity index (χ4v) is 6.71. The summed E-state index contributed by atoms with van der Waals surface area (Å²) >= 11 is 12.1. The Balaban J connectivity index is 1.30. The fourth-order valence-electron chi connectivity index (χ4n) is 5.42. The van der Waals surface area contributed by atoms with Crippen LogP contribution in [0.4, 0.5) is 10.5 Å². The number of furan rings is 1. The van der Waals surface area contributed by atoms with E-state index in [1.807, 2.05) is 0 Å². The zero-order valence-electron chi connectivity index (χ0n) is 31.6. The number of hydrogen-bond acceptors (Lipinski definition) is 13. The van der Waals surface area contributed by atoms with Crippen LogP contribution in [0.25, 0.3) is 0 Å². The summed E-state index contributed by atoms with van der Waals surface area (Å²) in [7, 11) is -4.21. The van der Waals surface area contributed by atoms with Crippen LogP contribution in [0.1, 0.15) is 99.1 Å². The summed E-state index contributed by atoms with van der Waals surface area (Å²) in [4.78, 5) is 64.0. The minimum absolute atomic E-state index is 0.0258. The lowest BCUT2D eigenvalue weighted by Gasteiger charge is -2.38. The number of nitrogens with one attached hydrogen (secondary N) is 1. The van der Waals surface area contributed by atoms with Crippen molar-refractivity contribution < 1.29 is 55.8 Å². The molecule has 0 saturated carbocycles. The topological polar surface area (TPSA) is 211 Å². The van der Waals surface area contributed by atoms with E-state index in [2.05, 4.69) is 5.32 Å². The van der Waals surface area contributed by atoms with Crippen molar-refractivity contribution in [2.75, 3.05) is 25.3 Å². The van der Waals surface area contributed by atoms with Gasteiger partial charge in [-0.05, 0) is 96.2 Å². The maximum atomic E-state index is 13.1. The number of hydrogen-bond donors (Lipinski definition) is 2. The number of anilines is 1. The zero-order valence-corrected chi connectivity index (χ0v) is 34.0. The van der Waals surface area contributed by atoms with E-state index in [0.717, 1.165) is 6.07 Å². The van der Waals surface area contributed by atoms with E-state index in [9.17, 15) is 32.4 Å². The Morgan fingerprint density at radius 3 is 2.12 bits per heavy atom. The van der Waals surface area contributed by atoms with Gasteiger partial charge >= 0.3 is 24.0 Å². The van der Waals surface area contributed by atoms with Crippen LogP contribution in [-0.2, 0) is 45.1 Å². The number of Topliss-reactive ketones (excluding diaryl/α,β-unsaturated/α-hetero) is 1. The Morgan fingerprint density at radius 2 is 1.52 bits per heavy atom. The molecule has 0 aliphatic carbocycles. The third-order valence-electron chi connectivity index (χ3n) is 8.13. The molecule has 0 spiro atoms. The average Bonchev–Trinajstić information content (AvgIpc) is 3.64. The number of amides is 1. The van der Waals surface area contributed by atoms with Crippen LogP contribution in [0.3, 0.4) is 0 Å². The number of carbonyl (C=O) groups excluding carboxylic acids is 5. The molecule has 0 aliphatic heterocycles. The molecule has 2 aromatic carbocycles. The number of halogens is 2. The fraction of sp³-hybridized carbons (Fsp3) is 0.447. The molecule has 0 fully saturated rings. The molecule has 0 saturated heterocycles. The van der Waals surface area contributed by atoms with Gasteiger partial charge in [-0.15, -0.1) is 0 Å². The minimum Gasteiger partial charge on any atom is -0.467 e. The summed E-state index contributed by atoms with van der Waals surface area (Å²) in [6.07, 6.45) is 3.03. The first-order valence-electron chi connectivity index (χ1n) is 17.7. The normalized spacial score (nSPS) is 12.0. The lowest BCUT2D eigenvalue weighted by atomic mass is 9.98. The van der Waals surface area contributed by atoms with Gasteiger partial charge in [-0.1, -0.05) is 35.3 Å². The lowest BCUT2D eigenvalue weighted by molar-refractivity contribution is -0.153. The van der Waals surface area contributed by atoms with Crippen molar-refractivity contribution in [2.45, 2.75) is 95.7 Å². The van der Waals surface area contributed by atoms with E-state index in [0.29, 0.717) is 42.0 Å². The molecule has 0 bridgehead atoms. The van der Waals surface area contributed by atoms with E-state index in [1.54, 1.807) is 58.0 Å². The predicted molar refractivity (Wildman–Crippen MR) is 207 cm³/mol. The third-order valence-corrected chi connectivity index (χ3v) is 9.74. The summed E-state index contributed by atoms with van der Waals surface area (Å²) in [6, 6.07) is 11.3. The Morgan fingerprint density at radius 1 is 0.857 bits per heavy atom. The predicted octanol–water partition coefficient (Wildman–Crippen LogP) is 7.29. The Hall–Kier alpha value is -4.64. The van der Waals surface area contributed by atoms with Crippen molar-refractivity contribution in [1.82, 2.24) is 4.90 Å². The molecule has 15 nitrogen and oxygen atoms in total. The molecule has 3 rings (SSSR count). The van der Waals surface area contributed by atoms with Gasteiger partial charge in [0, 0.05) is 29.0 Å². The molecule has 1 aromatic heterocycles. The highest BCUT2D eigenvalue weighted by Gasteiger charge is 2.36. The number of rotatable bonds is 21. The quantitative estimate of drug-likeness (QED) is 0.0355. The van der Waals surface area contributed by atoms with Gasteiger partial charge < -0.3 is 28.7 Å². The molecule has 1 unspecified atom stereocenters. The summed E-state index contributed by atoms with van der Waals surface area (Å²) in [6.45, 7) is 6.53. The first-order chi connectivity index (χ1) is 26.4. The van der Waals surface area contributed by atoms with Crippen LogP contribution >= 0.6 is 23.2 Å². The van der Waals surface area contributed by atoms with Crippen LogP contribution in [0, 0.1) is 0 Å². The van der Waals surface area contributed by atoms with Crippen LogP contribution < -0.4 is 10.5 Å². The van der Waals surface area contributed by atoms with Crippen molar-refractivity contribution >= 4 is 68.7 Å². The van der Waals surface area contributed by atoms with Gasteiger partial charge in [-0.2, -0.15) is 0 Å². The number of ether oxygens (including phenoxy) is 4. The minimum atomic E-state index is -4.21. The SMILES string of the molecule is CC(C(=O)c1cccc(Cl)c1)N(C(=O)OCOC(=O)CCCC(=O)OCCCCCCOC(=O)c1cc(S(N)(=O)=O)c(Cl)cc1NCc1ccco1)C(C)(C)C. The zero-order chi connectivity index (χ0) is 41.5. The van der Waals surface area contributed by atoms with Crippen molar-refractivity contribution in [3.8, 4) is 0 Å². The number of ketones is 1. The number of carbonyl (C=O) groups is 5. The highest BCUT2D eigenvalue weighted by molar-refractivity contribution is 7.89. The van der Waals surface area contributed by atoms with Gasteiger partial charge in [-0.3, -0.25) is 19.3 Å². The molecule has 306 valence electrons. The monoisotopic (exact) mass is 839 g/mol. The molecule has 3 aromatic rings. The molecular weight excluding hydrogens is 793 g/mol. The van der Waals surface area contributed by atoms with E-state index < -0.39 is 57.3 Å². The van der Waals surface area contributed by atoms with Crippen LogP contribution in [-0.4, -0.2) is 74.7 Å². The molecule has 1 heterocycles. The number of sulfonamides is 1. The largest absolute Gasteiger partial charge is 0.467 e. The molecular formula is C38H47Cl2N3O12S. The number of benzene rings is 2. The average molecular weight is 841 g/mol. The van der Waals surface area contributed by atoms with E-state index >= 15 is 0 Å². The number of nitrogens with two attached hydrogens (primary N) is 1. The number of primary sulfonamides is 1. The summed E-state index contributed by atoms with van der Waals surface area (Å²) in [5.74, 6) is -1.71. The Kier molecular flexibility index (Phi) is 17.6. The smallest absolute Gasteiger partial charge is 0.413 e. The van der Waals surface area contributed by atoms with Gasteiger partial charge in [0.25, 0.3) is 0 Å². The summed E-state index contributed by atoms with van der Waals surface area (Å²) in [5, 5.41) is 8.47. The second-order valence-corrected chi connectivity index (χ2v) is 15.9. The highest BCUT2D eigenvalue weighted by Crippen LogP contribution is 2.30. The van der Waals surface area contributed by atoms with Gasteiger partial charge in [0.05, 0.1) is 48.3 Å². The number of nitrogens with zero attached hydrogens (tertiary/aromatic N) is 1. The maximum Gasteiger partial charge on any atom is 0.413 e. The lowest BCUT2D eigenvalue weighted by Crippen LogP contribution is -2.53. The number of unbranched alkanes of at least 4 members (excludes halogenated alkanes) is 3. The molecule has 18 heteroatoms. The molecule has 56 heavy (non-hydrogen) atoms. The first kappa shape index (κ1) is 45.7. The second kappa shape index (κ2) is 21.6. The second-order valence-electron chi connectivity index (χ2n) is 13.6. The molecule has 0 aliphatic rings. The maximum absolute atomic E-state index is 13.1. The van der Waals surface area contributed by atoms with E-state index in [-0.39, 0.29) is 61.1 Å². The number of esters is 3. The van der Waals surface area contributed by atoms with Crippen LogP contribution in [0.5, 0.6) is 0 Å². The molecule has 0 radical (unpaired) electrons.